The van der Waals surface area contributed by atoms with E-state index in [2.05, 4.69) is 30.5 Å². The molecule has 1 amide bonds. The van der Waals surface area contributed by atoms with Gasteiger partial charge in [-0.2, -0.15) is 0 Å². The SMILES string of the molecule is Cc1ccc(CC(=O)NC2CNCCC2C)s1. The molecule has 1 aliphatic heterocycles. The van der Waals surface area contributed by atoms with Crippen molar-refractivity contribution in [1.82, 2.24) is 10.6 Å². The number of carbonyl (C=O) groups is 1. The zero-order chi connectivity index (χ0) is 12.3. The Morgan fingerprint density at radius 3 is 3.06 bits per heavy atom. The van der Waals surface area contributed by atoms with Gasteiger partial charge in [-0.25, -0.2) is 0 Å². The first-order chi connectivity index (χ1) is 8.15. The van der Waals surface area contributed by atoms with E-state index in [-0.39, 0.29) is 11.9 Å². The molecule has 1 aromatic heterocycles. The molecule has 2 unspecified atom stereocenters. The van der Waals surface area contributed by atoms with Gasteiger partial charge in [0.1, 0.15) is 0 Å². The zero-order valence-corrected chi connectivity index (χ0v) is 11.3. The Hall–Kier alpha value is -0.870. The highest BCUT2D eigenvalue weighted by atomic mass is 32.1. The van der Waals surface area contributed by atoms with Crippen LogP contribution in [0.5, 0.6) is 0 Å². The Labute approximate surface area is 107 Å². The number of hydrogen-bond acceptors (Lipinski definition) is 3. The second-order valence-corrected chi connectivity index (χ2v) is 6.21. The zero-order valence-electron chi connectivity index (χ0n) is 10.5. The van der Waals surface area contributed by atoms with Crippen LogP contribution in [0.3, 0.4) is 0 Å². The summed E-state index contributed by atoms with van der Waals surface area (Å²) in [5.41, 5.74) is 0. The van der Waals surface area contributed by atoms with E-state index in [0.717, 1.165) is 24.4 Å². The molecule has 0 aromatic carbocycles. The van der Waals surface area contributed by atoms with Crippen molar-refractivity contribution in [2.75, 3.05) is 13.1 Å². The van der Waals surface area contributed by atoms with Crippen molar-refractivity contribution in [2.24, 2.45) is 5.92 Å². The minimum Gasteiger partial charge on any atom is -0.352 e. The topological polar surface area (TPSA) is 41.1 Å². The van der Waals surface area contributed by atoms with Gasteiger partial charge in [-0.05, 0) is 37.9 Å². The maximum absolute atomic E-state index is 11.9. The lowest BCUT2D eigenvalue weighted by Gasteiger charge is -2.30. The predicted molar refractivity (Wildman–Crippen MR) is 71.3 cm³/mol. The van der Waals surface area contributed by atoms with Crippen molar-refractivity contribution in [1.29, 1.82) is 0 Å². The van der Waals surface area contributed by atoms with Gasteiger partial charge in [0, 0.05) is 22.3 Å². The number of hydrogen-bond donors (Lipinski definition) is 2. The van der Waals surface area contributed by atoms with Gasteiger partial charge in [0.05, 0.1) is 6.42 Å². The van der Waals surface area contributed by atoms with E-state index in [0.29, 0.717) is 12.3 Å². The van der Waals surface area contributed by atoms with Crippen molar-refractivity contribution in [2.45, 2.75) is 32.7 Å². The van der Waals surface area contributed by atoms with Crippen molar-refractivity contribution in [3.05, 3.63) is 21.9 Å². The van der Waals surface area contributed by atoms with Crippen LogP contribution >= 0.6 is 11.3 Å². The lowest BCUT2D eigenvalue weighted by atomic mass is 9.95. The summed E-state index contributed by atoms with van der Waals surface area (Å²) in [6.07, 6.45) is 1.66. The molecule has 0 bridgehead atoms. The molecule has 0 saturated carbocycles. The van der Waals surface area contributed by atoms with E-state index in [4.69, 9.17) is 0 Å². The average Bonchev–Trinajstić information content (AvgIpc) is 2.67. The van der Waals surface area contributed by atoms with E-state index >= 15 is 0 Å². The molecule has 17 heavy (non-hydrogen) atoms. The van der Waals surface area contributed by atoms with Gasteiger partial charge in [0.2, 0.25) is 5.91 Å². The lowest BCUT2D eigenvalue weighted by Crippen LogP contribution is -2.50. The number of piperidine rings is 1. The number of nitrogens with one attached hydrogen (secondary N) is 2. The van der Waals surface area contributed by atoms with Gasteiger partial charge in [-0.15, -0.1) is 11.3 Å². The average molecular weight is 252 g/mol. The predicted octanol–water partition coefficient (Wildman–Crippen LogP) is 1.71. The minimum atomic E-state index is 0.146. The van der Waals surface area contributed by atoms with E-state index in [1.54, 1.807) is 11.3 Å². The molecule has 1 aliphatic rings. The van der Waals surface area contributed by atoms with Crippen molar-refractivity contribution < 1.29 is 4.79 Å². The molecule has 2 atom stereocenters. The highest BCUT2D eigenvalue weighted by Gasteiger charge is 2.22. The fraction of sp³-hybridized carbons (Fsp3) is 0.615. The Kier molecular flexibility index (Phi) is 4.18. The molecule has 0 aliphatic carbocycles. The molecular weight excluding hydrogens is 232 g/mol. The molecule has 94 valence electrons. The van der Waals surface area contributed by atoms with Gasteiger partial charge < -0.3 is 10.6 Å². The number of amides is 1. The second kappa shape index (κ2) is 5.65. The first kappa shape index (κ1) is 12.6. The Bertz CT molecular complexity index is 389. The number of aryl methyl sites for hydroxylation is 1. The van der Waals surface area contributed by atoms with Crippen molar-refractivity contribution in [3.8, 4) is 0 Å². The van der Waals surface area contributed by atoms with E-state index in [9.17, 15) is 4.79 Å². The molecular formula is C13H20N2OS. The number of carbonyl (C=O) groups excluding carboxylic acids is 1. The quantitative estimate of drug-likeness (QED) is 0.860. The largest absolute Gasteiger partial charge is 0.352 e. The van der Waals surface area contributed by atoms with Crippen LogP contribution in [0.25, 0.3) is 0 Å². The van der Waals surface area contributed by atoms with Gasteiger partial charge >= 0.3 is 0 Å². The Morgan fingerprint density at radius 1 is 1.59 bits per heavy atom. The van der Waals surface area contributed by atoms with Gasteiger partial charge in [0.15, 0.2) is 0 Å². The fourth-order valence-corrected chi connectivity index (χ4v) is 3.07. The maximum atomic E-state index is 11.9. The summed E-state index contributed by atoms with van der Waals surface area (Å²) in [5.74, 6) is 0.720. The molecule has 2 rings (SSSR count). The highest BCUT2D eigenvalue weighted by molar-refractivity contribution is 7.12. The van der Waals surface area contributed by atoms with Gasteiger partial charge in [-0.3, -0.25) is 4.79 Å². The maximum Gasteiger partial charge on any atom is 0.225 e. The van der Waals surface area contributed by atoms with Crippen LogP contribution in [0.4, 0.5) is 0 Å². The number of rotatable bonds is 3. The van der Waals surface area contributed by atoms with Gasteiger partial charge in [-0.1, -0.05) is 6.92 Å². The smallest absolute Gasteiger partial charge is 0.225 e. The standard InChI is InChI=1S/C13H20N2OS/c1-9-5-6-14-8-12(9)15-13(16)7-11-4-3-10(2)17-11/h3-4,9,12,14H,5-8H2,1-2H3,(H,15,16). The summed E-state index contributed by atoms with van der Waals surface area (Å²) in [6.45, 7) is 6.24. The normalized spacial score (nSPS) is 24.6. The van der Waals surface area contributed by atoms with Crippen LogP contribution in [0, 0.1) is 12.8 Å². The first-order valence-electron chi connectivity index (χ1n) is 6.20. The summed E-state index contributed by atoms with van der Waals surface area (Å²) in [6, 6.07) is 4.40. The Balaban J connectivity index is 1.84. The third-order valence-corrected chi connectivity index (χ3v) is 4.31. The van der Waals surface area contributed by atoms with Crippen molar-refractivity contribution in [3.63, 3.8) is 0 Å². The molecule has 4 heteroatoms. The van der Waals surface area contributed by atoms with Crippen LogP contribution in [0.15, 0.2) is 12.1 Å². The van der Waals surface area contributed by atoms with Crippen LogP contribution in [-0.4, -0.2) is 25.0 Å². The summed E-state index contributed by atoms with van der Waals surface area (Å²) in [4.78, 5) is 14.3. The molecule has 2 heterocycles. The molecule has 0 spiro atoms. The molecule has 1 saturated heterocycles. The highest BCUT2D eigenvalue weighted by Crippen LogP contribution is 2.16. The minimum absolute atomic E-state index is 0.146. The molecule has 0 radical (unpaired) electrons. The van der Waals surface area contributed by atoms with Crippen LogP contribution in [0.1, 0.15) is 23.1 Å². The summed E-state index contributed by atoms with van der Waals surface area (Å²) < 4.78 is 0. The first-order valence-corrected chi connectivity index (χ1v) is 7.02. The molecule has 1 aromatic rings. The van der Waals surface area contributed by atoms with Crippen LogP contribution in [-0.2, 0) is 11.2 Å². The van der Waals surface area contributed by atoms with Gasteiger partial charge in [0.25, 0.3) is 0 Å². The van der Waals surface area contributed by atoms with E-state index in [1.807, 2.05) is 6.07 Å². The van der Waals surface area contributed by atoms with Crippen LogP contribution in [0.2, 0.25) is 0 Å². The number of thiophene rings is 1. The molecule has 2 N–H and O–H groups in total. The Morgan fingerprint density at radius 2 is 2.41 bits per heavy atom. The summed E-state index contributed by atoms with van der Waals surface area (Å²) in [7, 11) is 0. The van der Waals surface area contributed by atoms with E-state index < -0.39 is 0 Å². The monoisotopic (exact) mass is 252 g/mol. The summed E-state index contributed by atoms with van der Waals surface area (Å²) >= 11 is 1.70. The lowest BCUT2D eigenvalue weighted by molar-refractivity contribution is -0.121. The van der Waals surface area contributed by atoms with Crippen LogP contribution < -0.4 is 10.6 Å². The molecule has 3 nitrogen and oxygen atoms in total. The van der Waals surface area contributed by atoms with Crippen molar-refractivity contribution >= 4 is 17.2 Å². The summed E-state index contributed by atoms with van der Waals surface area (Å²) in [5, 5.41) is 6.46. The third-order valence-electron chi connectivity index (χ3n) is 3.30. The second-order valence-electron chi connectivity index (χ2n) is 4.83. The third kappa shape index (κ3) is 3.54. The fourth-order valence-electron chi connectivity index (χ4n) is 2.18. The molecule has 1 fully saturated rings. The van der Waals surface area contributed by atoms with E-state index in [1.165, 1.54) is 4.88 Å².